The molecule has 0 saturated carbocycles. The van der Waals surface area contributed by atoms with Crippen LogP contribution in [0, 0.1) is 0 Å². The van der Waals surface area contributed by atoms with Gasteiger partial charge in [0.1, 0.15) is 5.65 Å². The fraction of sp³-hybridized carbons (Fsp3) is 0.250. The number of aromatic amines is 1. The van der Waals surface area contributed by atoms with Gasteiger partial charge in [-0.3, -0.25) is 4.79 Å². The molecule has 1 aliphatic heterocycles. The van der Waals surface area contributed by atoms with Crippen LogP contribution < -0.4 is 10.2 Å². The van der Waals surface area contributed by atoms with Crippen molar-refractivity contribution in [3.05, 3.63) is 71.5 Å². The van der Waals surface area contributed by atoms with Crippen LogP contribution in [0.5, 0.6) is 0 Å². The largest absolute Gasteiger partial charge is 0.378 e. The highest BCUT2D eigenvalue weighted by Crippen LogP contribution is 2.30. The van der Waals surface area contributed by atoms with Crippen molar-refractivity contribution in [2.75, 3.05) is 31.2 Å². The van der Waals surface area contributed by atoms with Crippen LogP contribution >= 0.6 is 11.6 Å². The number of hydrogen-bond donors (Lipinski definition) is 2. The van der Waals surface area contributed by atoms with Gasteiger partial charge in [-0.2, -0.15) is 0 Å². The second kappa shape index (κ2) is 9.17. The molecule has 8 nitrogen and oxygen atoms in total. The molecule has 1 saturated heterocycles. The van der Waals surface area contributed by atoms with E-state index in [1.807, 2.05) is 37.5 Å². The number of carbonyl (C=O) groups is 1. The van der Waals surface area contributed by atoms with Crippen LogP contribution in [0.1, 0.15) is 29.1 Å². The molecular formula is C24H23ClN6O2. The average molecular weight is 463 g/mol. The molecule has 0 aliphatic carbocycles. The summed E-state index contributed by atoms with van der Waals surface area (Å²) in [6.45, 7) is 5.00. The highest BCUT2D eigenvalue weighted by Gasteiger charge is 2.17. The number of anilines is 1. The maximum absolute atomic E-state index is 12.6. The van der Waals surface area contributed by atoms with E-state index < -0.39 is 0 Å². The first kappa shape index (κ1) is 21.4. The van der Waals surface area contributed by atoms with Crippen molar-refractivity contribution >= 4 is 34.2 Å². The number of ether oxygens (including phenoxy) is 1. The molecule has 1 aromatic carbocycles. The van der Waals surface area contributed by atoms with E-state index >= 15 is 0 Å². The monoisotopic (exact) mass is 462 g/mol. The zero-order valence-electron chi connectivity index (χ0n) is 18.1. The maximum Gasteiger partial charge on any atom is 0.289 e. The summed E-state index contributed by atoms with van der Waals surface area (Å²) in [7, 11) is 0. The van der Waals surface area contributed by atoms with Gasteiger partial charge in [-0.25, -0.2) is 15.0 Å². The zero-order chi connectivity index (χ0) is 22.8. The van der Waals surface area contributed by atoms with Gasteiger partial charge < -0.3 is 19.9 Å². The molecule has 4 aromatic rings. The predicted octanol–water partition coefficient (Wildman–Crippen LogP) is 4.00. The molecule has 2 N–H and O–H groups in total. The Morgan fingerprint density at radius 3 is 2.70 bits per heavy atom. The normalized spacial score (nSPS) is 14.9. The number of fused-ring (bicyclic) bond motifs is 1. The summed E-state index contributed by atoms with van der Waals surface area (Å²) in [6, 6.07) is 9.28. The number of H-pyrrole nitrogens is 1. The molecular weight excluding hydrogens is 440 g/mol. The first-order chi connectivity index (χ1) is 16.1. The van der Waals surface area contributed by atoms with Crippen molar-refractivity contribution in [3.8, 4) is 11.1 Å². The number of halogens is 1. The molecule has 168 valence electrons. The van der Waals surface area contributed by atoms with E-state index in [2.05, 4.69) is 36.2 Å². The van der Waals surface area contributed by atoms with E-state index in [1.54, 1.807) is 18.5 Å². The second-order valence-electron chi connectivity index (χ2n) is 7.94. The lowest BCUT2D eigenvalue weighted by Crippen LogP contribution is -2.36. The average Bonchev–Trinajstić information content (AvgIpc) is 3.28. The lowest BCUT2D eigenvalue weighted by atomic mass is 10.1. The van der Waals surface area contributed by atoms with Gasteiger partial charge in [-0.15, -0.1) is 0 Å². The van der Waals surface area contributed by atoms with Gasteiger partial charge in [0, 0.05) is 53.2 Å². The van der Waals surface area contributed by atoms with Crippen molar-refractivity contribution in [3.63, 3.8) is 0 Å². The highest BCUT2D eigenvalue weighted by atomic mass is 35.5. The van der Waals surface area contributed by atoms with E-state index in [9.17, 15) is 4.79 Å². The van der Waals surface area contributed by atoms with Crippen LogP contribution in [0.15, 0.2) is 55.1 Å². The molecule has 1 atom stereocenters. The number of pyridine rings is 1. The van der Waals surface area contributed by atoms with E-state index in [0.717, 1.165) is 46.5 Å². The predicted molar refractivity (Wildman–Crippen MR) is 127 cm³/mol. The Morgan fingerprint density at radius 1 is 1.15 bits per heavy atom. The minimum atomic E-state index is -0.343. The van der Waals surface area contributed by atoms with Gasteiger partial charge in [0.15, 0.2) is 0 Å². The minimum absolute atomic E-state index is 0.111. The topological polar surface area (TPSA) is 96.0 Å². The van der Waals surface area contributed by atoms with Crippen LogP contribution in [0.25, 0.3) is 22.2 Å². The first-order valence-corrected chi connectivity index (χ1v) is 11.1. The number of nitrogens with zero attached hydrogens (tertiary/aromatic N) is 4. The fourth-order valence-electron chi connectivity index (χ4n) is 3.93. The van der Waals surface area contributed by atoms with E-state index in [0.29, 0.717) is 18.2 Å². The lowest BCUT2D eigenvalue weighted by Gasteiger charge is -2.28. The van der Waals surface area contributed by atoms with E-state index in [1.165, 1.54) is 0 Å². The minimum Gasteiger partial charge on any atom is -0.378 e. The lowest BCUT2D eigenvalue weighted by molar-refractivity contribution is 0.0929. The molecule has 4 heterocycles. The maximum atomic E-state index is 12.6. The van der Waals surface area contributed by atoms with Gasteiger partial charge >= 0.3 is 0 Å². The molecule has 33 heavy (non-hydrogen) atoms. The zero-order valence-corrected chi connectivity index (χ0v) is 18.8. The molecule has 0 radical (unpaired) electrons. The molecule has 1 aliphatic rings. The molecule has 1 unspecified atom stereocenters. The third kappa shape index (κ3) is 4.53. The quantitative estimate of drug-likeness (QED) is 0.465. The van der Waals surface area contributed by atoms with Crippen molar-refractivity contribution in [1.29, 1.82) is 0 Å². The van der Waals surface area contributed by atoms with Crippen LogP contribution in [0.4, 0.5) is 5.69 Å². The van der Waals surface area contributed by atoms with Gasteiger partial charge in [0.05, 0.1) is 31.1 Å². The van der Waals surface area contributed by atoms with Crippen molar-refractivity contribution < 1.29 is 9.53 Å². The molecule has 5 rings (SSSR count). The number of carbonyl (C=O) groups excluding carboxylic acids is 1. The van der Waals surface area contributed by atoms with Gasteiger partial charge in [-0.1, -0.05) is 23.7 Å². The van der Waals surface area contributed by atoms with Crippen LogP contribution in [0.2, 0.25) is 5.02 Å². The summed E-state index contributed by atoms with van der Waals surface area (Å²) in [5.41, 5.74) is 4.50. The number of aromatic nitrogens is 4. The summed E-state index contributed by atoms with van der Waals surface area (Å²) < 4.78 is 5.45. The van der Waals surface area contributed by atoms with E-state index in [-0.39, 0.29) is 17.8 Å². The highest BCUT2D eigenvalue weighted by molar-refractivity contribution is 6.30. The molecule has 1 fully saturated rings. The summed E-state index contributed by atoms with van der Waals surface area (Å²) >= 11 is 6.05. The molecule has 0 bridgehead atoms. The summed E-state index contributed by atoms with van der Waals surface area (Å²) in [5, 5.41) is 4.52. The number of benzene rings is 1. The van der Waals surface area contributed by atoms with Gasteiger partial charge in [-0.05, 0) is 30.7 Å². The third-order valence-corrected chi connectivity index (χ3v) is 5.99. The Kier molecular flexibility index (Phi) is 5.93. The molecule has 0 spiro atoms. The summed E-state index contributed by atoms with van der Waals surface area (Å²) in [5.74, 6) is -0.233. The summed E-state index contributed by atoms with van der Waals surface area (Å²) in [4.78, 5) is 31.3. The number of amides is 1. The molecule has 3 aromatic heterocycles. The Balaban J connectivity index is 1.35. The Bertz CT molecular complexity index is 1280. The van der Waals surface area contributed by atoms with Crippen molar-refractivity contribution in [2.24, 2.45) is 0 Å². The SMILES string of the molecule is CC(NC(=O)c1ncc(-c2c[nH]c3ncc(N4CCOCC4)cc23)cn1)c1cccc(Cl)c1. The van der Waals surface area contributed by atoms with Crippen molar-refractivity contribution in [2.45, 2.75) is 13.0 Å². The number of morpholine rings is 1. The van der Waals surface area contributed by atoms with Crippen LogP contribution in [-0.4, -0.2) is 52.1 Å². The van der Waals surface area contributed by atoms with Gasteiger partial charge in [0.25, 0.3) is 5.91 Å². The number of nitrogens with one attached hydrogen (secondary N) is 2. The summed E-state index contributed by atoms with van der Waals surface area (Å²) in [6.07, 6.45) is 7.09. The smallest absolute Gasteiger partial charge is 0.289 e. The van der Waals surface area contributed by atoms with E-state index in [4.69, 9.17) is 16.3 Å². The number of rotatable bonds is 5. The standard InChI is InChI=1S/C24H23ClN6O2/c1-15(16-3-2-4-18(25)9-16)30-24(32)23-26-11-17(12-27-23)21-14-29-22-20(21)10-19(13-28-22)31-5-7-33-8-6-31/h2-4,9-15H,5-8H2,1H3,(H,28,29)(H,30,32). The van der Waals surface area contributed by atoms with Crippen LogP contribution in [-0.2, 0) is 4.74 Å². The Hall–Kier alpha value is -3.49. The number of hydrogen-bond acceptors (Lipinski definition) is 6. The molecule has 1 amide bonds. The third-order valence-electron chi connectivity index (χ3n) is 5.76. The Labute approximate surface area is 196 Å². The van der Waals surface area contributed by atoms with Crippen molar-refractivity contribution in [1.82, 2.24) is 25.3 Å². The van der Waals surface area contributed by atoms with Crippen LogP contribution in [0.3, 0.4) is 0 Å². The Morgan fingerprint density at radius 2 is 1.94 bits per heavy atom. The van der Waals surface area contributed by atoms with Gasteiger partial charge in [0.2, 0.25) is 5.82 Å². The first-order valence-electron chi connectivity index (χ1n) is 10.8. The second-order valence-corrected chi connectivity index (χ2v) is 8.37. The fourth-order valence-corrected chi connectivity index (χ4v) is 4.13. The molecule has 9 heteroatoms.